The van der Waals surface area contributed by atoms with Gasteiger partial charge in [0.1, 0.15) is 11.3 Å². The van der Waals surface area contributed by atoms with Crippen molar-refractivity contribution in [1.82, 2.24) is 15.0 Å². The Morgan fingerprint density at radius 1 is 1.08 bits per heavy atom. The van der Waals surface area contributed by atoms with Crippen molar-refractivity contribution in [2.75, 3.05) is 0 Å². The summed E-state index contributed by atoms with van der Waals surface area (Å²) < 4.78 is 6.70. The predicted octanol–water partition coefficient (Wildman–Crippen LogP) is 3.01. The minimum absolute atomic E-state index is 0.244. The average Bonchev–Trinajstić information content (AvgIpc) is 3.12. The average molecular weight is 330 g/mol. The van der Waals surface area contributed by atoms with E-state index in [1.54, 1.807) is 24.4 Å². The van der Waals surface area contributed by atoms with Crippen LogP contribution in [0.25, 0.3) is 27.9 Å². The zero-order valence-corrected chi connectivity index (χ0v) is 12.8. The van der Waals surface area contributed by atoms with Gasteiger partial charge in [0.05, 0.1) is 11.9 Å². The van der Waals surface area contributed by atoms with Crippen molar-refractivity contribution in [3.63, 3.8) is 0 Å². The Labute approximate surface area is 140 Å². The SMILES string of the molecule is O=C=Nc1ccc2cc(-n3cc(-c4ccccc4)nn3)c(=O)oc2c1. The van der Waals surface area contributed by atoms with E-state index in [4.69, 9.17) is 4.42 Å². The van der Waals surface area contributed by atoms with Crippen LogP contribution in [0.4, 0.5) is 5.69 Å². The topological polar surface area (TPSA) is 90.4 Å². The Hall–Kier alpha value is -3.83. The fraction of sp³-hybridized carbons (Fsp3) is 0. The lowest BCUT2D eigenvalue weighted by atomic mass is 10.2. The van der Waals surface area contributed by atoms with E-state index in [0.29, 0.717) is 22.4 Å². The molecule has 0 saturated carbocycles. The van der Waals surface area contributed by atoms with Crippen LogP contribution in [0, 0.1) is 0 Å². The molecule has 2 heterocycles. The van der Waals surface area contributed by atoms with Crippen LogP contribution in [0.5, 0.6) is 0 Å². The number of hydrogen-bond donors (Lipinski definition) is 0. The highest BCUT2D eigenvalue weighted by Gasteiger charge is 2.11. The van der Waals surface area contributed by atoms with Gasteiger partial charge in [-0.3, -0.25) is 0 Å². The summed E-state index contributed by atoms with van der Waals surface area (Å²) in [5.74, 6) is 0. The summed E-state index contributed by atoms with van der Waals surface area (Å²) in [7, 11) is 0. The predicted molar refractivity (Wildman–Crippen MR) is 90.6 cm³/mol. The summed E-state index contributed by atoms with van der Waals surface area (Å²) >= 11 is 0. The zero-order valence-electron chi connectivity index (χ0n) is 12.8. The third-order valence-corrected chi connectivity index (χ3v) is 3.69. The molecule has 7 nitrogen and oxygen atoms in total. The summed E-state index contributed by atoms with van der Waals surface area (Å²) in [6.07, 6.45) is 3.12. The van der Waals surface area contributed by atoms with Gasteiger partial charge in [0, 0.05) is 17.0 Å². The molecule has 0 aliphatic rings. The summed E-state index contributed by atoms with van der Waals surface area (Å²) in [5.41, 5.74) is 1.92. The summed E-state index contributed by atoms with van der Waals surface area (Å²) in [6.45, 7) is 0. The number of carbonyl (C=O) groups excluding carboxylic acids is 1. The highest BCUT2D eigenvalue weighted by molar-refractivity contribution is 5.81. The highest BCUT2D eigenvalue weighted by Crippen LogP contribution is 2.22. The molecule has 0 aliphatic heterocycles. The second-order valence-corrected chi connectivity index (χ2v) is 5.26. The smallest absolute Gasteiger partial charge is 0.362 e. The lowest BCUT2D eigenvalue weighted by Crippen LogP contribution is -2.10. The van der Waals surface area contributed by atoms with Crippen LogP contribution in [0.15, 0.2) is 75.0 Å². The van der Waals surface area contributed by atoms with Crippen LogP contribution in [-0.4, -0.2) is 21.1 Å². The van der Waals surface area contributed by atoms with Gasteiger partial charge in [-0.25, -0.2) is 14.3 Å². The van der Waals surface area contributed by atoms with Crippen molar-refractivity contribution in [2.45, 2.75) is 0 Å². The molecule has 0 fully saturated rings. The van der Waals surface area contributed by atoms with Crippen LogP contribution in [-0.2, 0) is 4.79 Å². The van der Waals surface area contributed by atoms with E-state index in [1.807, 2.05) is 30.3 Å². The summed E-state index contributed by atoms with van der Waals surface area (Å²) in [5, 5.41) is 8.79. The maximum absolute atomic E-state index is 12.3. The number of aliphatic imine (C=N–C) groups is 1. The normalized spacial score (nSPS) is 10.6. The van der Waals surface area contributed by atoms with Gasteiger partial charge >= 0.3 is 5.63 Å². The van der Waals surface area contributed by atoms with E-state index in [2.05, 4.69) is 15.3 Å². The van der Waals surface area contributed by atoms with Crippen LogP contribution < -0.4 is 5.63 Å². The van der Waals surface area contributed by atoms with Gasteiger partial charge < -0.3 is 4.42 Å². The second-order valence-electron chi connectivity index (χ2n) is 5.26. The molecule has 0 atom stereocenters. The van der Waals surface area contributed by atoms with Crippen LogP contribution >= 0.6 is 0 Å². The molecule has 0 radical (unpaired) electrons. The Bertz CT molecular complexity index is 1170. The first-order chi connectivity index (χ1) is 12.2. The van der Waals surface area contributed by atoms with Crippen molar-refractivity contribution in [3.05, 3.63) is 71.2 Å². The largest absolute Gasteiger partial charge is 0.421 e. The fourth-order valence-corrected chi connectivity index (χ4v) is 2.49. The number of fused-ring (bicyclic) bond motifs is 1. The minimum Gasteiger partial charge on any atom is -0.421 e. The molecule has 2 aromatic heterocycles. The summed E-state index contributed by atoms with van der Waals surface area (Å²) in [4.78, 5) is 26.1. The molecular formula is C18H10N4O3. The first-order valence-electron chi connectivity index (χ1n) is 7.38. The number of rotatable bonds is 3. The third kappa shape index (κ3) is 2.75. The van der Waals surface area contributed by atoms with Crippen molar-refractivity contribution >= 4 is 22.7 Å². The van der Waals surface area contributed by atoms with Gasteiger partial charge in [0.15, 0.2) is 5.69 Å². The molecule has 0 aliphatic carbocycles. The standard InChI is InChI=1S/C18H10N4O3/c23-11-19-14-7-6-13-8-16(18(24)25-17(13)9-14)22-10-15(20-21-22)12-4-2-1-3-5-12/h1-10H. The van der Waals surface area contributed by atoms with E-state index in [9.17, 15) is 9.59 Å². The van der Waals surface area contributed by atoms with Gasteiger partial charge in [-0.05, 0) is 18.2 Å². The quantitative estimate of drug-likeness (QED) is 0.327. The molecule has 0 amide bonds. The Morgan fingerprint density at radius 2 is 1.92 bits per heavy atom. The molecule has 7 heteroatoms. The molecule has 4 aromatic rings. The van der Waals surface area contributed by atoms with Gasteiger partial charge in [0.25, 0.3) is 0 Å². The van der Waals surface area contributed by atoms with E-state index in [1.165, 1.54) is 16.8 Å². The van der Waals surface area contributed by atoms with E-state index in [0.717, 1.165) is 5.56 Å². The molecule has 0 bridgehead atoms. The van der Waals surface area contributed by atoms with E-state index >= 15 is 0 Å². The molecule has 2 aromatic carbocycles. The van der Waals surface area contributed by atoms with Crippen molar-refractivity contribution < 1.29 is 9.21 Å². The van der Waals surface area contributed by atoms with Crippen molar-refractivity contribution in [1.29, 1.82) is 0 Å². The second kappa shape index (κ2) is 5.99. The fourth-order valence-electron chi connectivity index (χ4n) is 2.49. The Morgan fingerprint density at radius 3 is 2.72 bits per heavy atom. The van der Waals surface area contributed by atoms with Crippen molar-refractivity contribution in [3.8, 4) is 16.9 Å². The van der Waals surface area contributed by atoms with E-state index < -0.39 is 5.63 Å². The molecule has 0 N–H and O–H groups in total. The minimum atomic E-state index is -0.566. The molecule has 0 unspecified atom stereocenters. The maximum atomic E-state index is 12.3. The van der Waals surface area contributed by atoms with Crippen molar-refractivity contribution in [2.24, 2.45) is 4.99 Å². The summed E-state index contributed by atoms with van der Waals surface area (Å²) in [6, 6.07) is 16.0. The monoisotopic (exact) mass is 330 g/mol. The highest BCUT2D eigenvalue weighted by atomic mass is 16.4. The Balaban J connectivity index is 1.81. The van der Waals surface area contributed by atoms with E-state index in [-0.39, 0.29) is 5.69 Å². The van der Waals surface area contributed by atoms with Gasteiger partial charge in [-0.2, -0.15) is 4.99 Å². The van der Waals surface area contributed by atoms with Crippen LogP contribution in [0.2, 0.25) is 0 Å². The number of aromatic nitrogens is 3. The van der Waals surface area contributed by atoms with Crippen LogP contribution in [0.1, 0.15) is 0 Å². The first-order valence-corrected chi connectivity index (χ1v) is 7.38. The zero-order chi connectivity index (χ0) is 17.2. The molecule has 0 saturated heterocycles. The number of isocyanates is 1. The van der Waals surface area contributed by atoms with Gasteiger partial charge in [-0.1, -0.05) is 35.5 Å². The molecule has 0 spiro atoms. The lowest BCUT2D eigenvalue weighted by molar-refractivity contribution is 0.550. The van der Waals surface area contributed by atoms with Gasteiger partial charge in [0.2, 0.25) is 6.08 Å². The number of benzene rings is 2. The molecular weight excluding hydrogens is 320 g/mol. The lowest BCUT2D eigenvalue weighted by Gasteiger charge is -2.01. The van der Waals surface area contributed by atoms with Crippen LogP contribution in [0.3, 0.4) is 0 Å². The number of nitrogens with zero attached hydrogens (tertiary/aromatic N) is 4. The number of hydrogen-bond acceptors (Lipinski definition) is 6. The molecule has 4 rings (SSSR count). The molecule has 120 valence electrons. The Kier molecular flexibility index (Phi) is 3.53. The van der Waals surface area contributed by atoms with Gasteiger partial charge in [-0.15, -0.1) is 5.10 Å². The first kappa shape index (κ1) is 14.7. The third-order valence-electron chi connectivity index (χ3n) is 3.69. The molecule has 25 heavy (non-hydrogen) atoms. The maximum Gasteiger partial charge on any atom is 0.362 e.